The molecule has 1 N–H and O–H groups in total. The van der Waals surface area contributed by atoms with Crippen LogP contribution in [0, 0.1) is 0 Å². The molecule has 178 valence electrons. The summed E-state index contributed by atoms with van der Waals surface area (Å²) in [5.74, 6) is -1.31. The van der Waals surface area contributed by atoms with Crippen LogP contribution in [0.3, 0.4) is 0 Å². The molecular weight excluding hydrogens is 450 g/mol. The number of rotatable bonds is 7. The number of anilines is 1. The van der Waals surface area contributed by atoms with E-state index < -0.39 is 36.3 Å². The molecule has 0 radical (unpaired) electrons. The van der Waals surface area contributed by atoms with Crippen LogP contribution in [0.4, 0.5) is 5.69 Å². The minimum absolute atomic E-state index is 0.252. The van der Waals surface area contributed by atoms with Gasteiger partial charge in [0, 0.05) is 5.56 Å². The summed E-state index contributed by atoms with van der Waals surface area (Å²) < 4.78 is 10.6. The minimum atomic E-state index is -1.21. The highest BCUT2D eigenvalue weighted by molar-refractivity contribution is 6.23. The summed E-state index contributed by atoms with van der Waals surface area (Å²) in [6, 6.07) is 22.0. The van der Waals surface area contributed by atoms with Crippen molar-refractivity contribution in [3.05, 3.63) is 90.5 Å². The first-order valence-corrected chi connectivity index (χ1v) is 10.8. The van der Waals surface area contributed by atoms with E-state index in [9.17, 15) is 19.2 Å². The van der Waals surface area contributed by atoms with Gasteiger partial charge in [0.05, 0.1) is 19.2 Å². The highest BCUT2D eigenvalue weighted by Crippen LogP contribution is 2.26. The SMILES string of the molecule is COc1ccc(OCC(=O)NN(C(=O)c2ccccc2)C2CC(=O)N(c3ccccc3)C2=O)cc1. The maximum Gasteiger partial charge on any atom is 0.276 e. The molecule has 1 unspecified atom stereocenters. The third-order valence-electron chi connectivity index (χ3n) is 5.36. The van der Waals surface area contributed by atoms with E-state index >= 15 is 0 Å². The van der Waals surface area contributed by atoms with E-state index in [0.717, 1.165) is 9.91 Å². The second-order valence-corrected chi connectivity index (χ2v) is 7.66. The average molecular weight is 473 g/mol. The Labute approximate surface area is 201 Å². The Morgan fingerprint density at radius 2 is 1.51 bits per heavy atom. The van der Waals surface area contributed by atoms with Crippen molar-refractivity contribution in [2.45, 2.75) is 12.5 Å². The molecule has 0 saturated carbocycles. The van der Waals surface area contributed by atoms with Gasteiger partial charge in [-0.05, 0) is 48.5 Å². The second kappa shape index (κ2) is 10.5. The van der Waals surface area contributed by atoms with E-state index in [0.29, 0.717) is 17.2 Å². The summed E-state index contributed by atoms with van der Waals surface area (Å²) in [6.07, 6.45) is -0.272. The van der Waals surface area contributed by atoms with Crippen LogP contribution in [0.5, 0.6) is 11.5 Å². The number of imide groups is 1. The van der Waals surface area contributed by atoms with Crippen molar-refractivity contribution in [3.63, 3.8) is 0 Å². The normalized spacial score (nSPS) is 15.0. The molecule has 0 aliphatic carbocycles. The topological polar surface area (TPSA) is 105 Å². The summed E-state index contributed by atoms with van der Waals surface area (Å²) in [7, 11) is 1.54. The maximum atomic E-state index is 13.3. The quantitative estimate of drug-likeness (QED) is 0.418. The highest BCUT2D eigenvalue weighted by Gasteiger charge is 2.45. The fourth-order valence-electron chi connectivity index (χ4n) is 3.64. The summed E-state index contributed by atoms with van der Waals surface area (Å²) in [4.78, 5) is 53.0. The van der Waals surface area contributed by atoms with Gasteiger partial charge < -0.3 is 9.47 Å². The number of ether oxygens (including phenoxy) is 2. The molecular formula is C26H23N3O6. The van der Waals surface area contributed by atoms with Gasteiger partial charge >= 0.3 is 0 Å². The molecule has 0 bridgehead atoms. The molecule has 9 nitrogen and oxygen atoms in total. The first-order valence-electron chi connectivity index (χ1n) is 10.8. The fraction of sp³-hybridized carbons (Fsp3) is 0.154. The molecule has 1 aliphatic rings. The van der Waals surface area contributed by atoms with Crippen molar-refractivity contribution in [2.75, 3.05) is 18.6 Å². The number of nitrogens with zero attached hydrogens (tertiary/aromatic N) is 2. The smallest absolute Gasteiger partial charge is 0.276 e. The summed E-state index contributed by atoms with van der Waals surface area (Å²) in [5, 5.41) is 0.915. The lowest BCUT2D eigenvalue weighted by atomic mass is 10.1. The molecule has 0 aromatic heterocycles. The van der Waals surface area contributed by atoms with E-state index in [1.54, 1.807) is 84.9 Å². The molecule has 9 heteroatoms. The van der Waals surface area contributed by atoms with Crippen molar-refractivity contribution in [1.29, 1.82) is 0 Å². The van der Waals surface area contributed by atoms with E-state index in [4.69, 9.17) is 9.47 Å². The number of carbonyl (C=O) groups is 4. The first-order chi connectivity index (χ1) is 17.0. The predicted molar refractivity (Wildman–Crippen MR) is 127 cm³/mol. The standard InChI is InChI=1S/C26H23N3O6/c1-34-20-12-14-21(15-13-20)35-17-23(30)27-29(25(32)18-8-4-2-5-9-18)22-16-24(31)28(26(22)33)19-10-6-3-7-11-19/h2-15,22H,16-17H2,1H3,(H,27,30). The van der Waals surface area contributed by atoms with Gasteiger partial charge in [0.1, 0.15) is 17.5 Å². The van der Waals surface area contributed by atoms with Gasteiger partial charge in [0.25, 0.3) is 17.7 Å². The zero-order valence-electron chi connectivity index (χ0n) is 18.9. The number of hydrogen-bond donors (Lipinski definition) is 1. The Kier molecular flexibility index (Phi) is 7.06. The molecule has 3 aromatic carbocycles. The number of nitrogens with one attached hydrogen (secondary N) is 1. The lowest BCUT2D eigenvalue weighted by Crippen LogP contribution is -2.55. The number of carbonyl (C=O) groups excluding carboxylic acids is 4. The van der Waals surface area contributed by atoms with Crippen LogP contribution in [0.1, 0.15) is 16.8 Å². The van der Waals surface area contributed by atoms with Crippen LogP contribution >= 0.6 is 0 Å². The third-order valence-corrected chi connectivity index (χ3v) is 5.36. The number of methoxy groups -OCH3 is 1. The Morgan fingerprint density at radius 1 is 0.914 bits per heavy atom. The third kappa shape index (κ3) is 5.30. The van der Waals surface area contributed by atoms with Gasteiger partial charge in [-0.3, -0.25) is 24.6 Å². The number of benzene rings is 3. The number of amides is 4. The van der Waals surface area contributed by atoms with Crippen molar-refractivity contribution in [2.24, 2.45) is 0 Å². The van der Waals surface area contributed by atoms with Crippen molar-refractivity contribution < 1.29 is 28.7 Å². The van der Waals surface area contributed by atoms with Crippen LogP contribution < -0.4 is 19.8 Å². The Balaban J connectivity index is 1.53. The molecule has 1 atom stereocenters. The van der Waals surface area contributed by atoms with Crippen molar-refractivity contribution in [3.8, 4) is 11.5 Å². The molecule has 1 aliphatic heterocycles. The molecule has 0 spiro atoms. The summed E-state index contributed by atoms with van der Waals surface area (Å²) >= 11 is 0. The second-order valence-electron chi connectivity index (χ2n) is 7.66. The van der Waals surface area contributed by atoms with E-state index in [2.05, 4.69) is 5.43 Å². The monoisotopic (exact) mass is 473 g/mol. The summed E-state index contributed by atoms with van der Waals surface area (Å²) in [6.45, 7) is -0.415. The molecule has 4 amide bonds. The lowest BCUT2D eigenvalue weighted by molar-refractivity contribution is -0.130. The highest BCUT2D eigenvalue weighted by atomic mass is 16.5. The van der Waals surface area contributed by atoms with Crippen LogP contribution in [-0.2, 0) is 14.4 Å². The lowest BCUT2D eigenvalue weighted by Gasteiger charge is -2.28. The number of hydrogen-bond acceptors (Lipinski definition) is 6. The van der Waals surface area contributed by atoms with E-state index in [1.807, 2.05) is 0 Å². The van der Waals surface area contributed by atoms with Gasteiger partial charge in [0.2, 0.25) is 5.91 Å². The summed E-state index contributed by atoms with van der Waals surface area (Å²) in [5.41, 5.74) is 3.12. The number of para-hydroxylation sites is 1. The molecule has 35 heavy (non-hydrogen) atoms. The molecule has 1 heterocycles. The minimum Gasteiger partial charge on any atom is -0.497 e. The van der Waals surface area contributed by atoms with Gasteiger partial charge in [-0.25, -0.2) is 9.91 Å². The van der Waals surface area contributed by atoms with Crippen molar-refractivity contribution >= 4 is 29.3 Å². The van der Waals surface area contributed by atoms with Gasteiger partial charge in [-0.15, -0.1) is 0 Å². The zero-order valence-corrected chi connectivity index (χ0v) is 18.9. The van der Waals surface area contributed by atoms with Crippen LogP contribution in [-0.4, -0.2) is 48.4 Å². The molecule has 3 aromatic rings. The van der Waals surface area contributed by atoms with Crippen LogP contribution in [0.15, 0.2) is 84.9 Å². The first kappa shape index (κ1) is 23.5. The molecule has 1 saturated heterocycles. The van der Waals surface area contributed by atoms with E-state index in [1.165, 1.54) is 7.11 Å². The Morgan fingerprint density at radius 3 is 2.14 bits per heavy atom. The maximum absolute atomic E-state index is 13.3. The fourth-order valence-corrected chi connectivity index (χ4v) is 3.64. The van der Waals surface area contributed by atoms with Gasteiger partial charge in [-0.2, -0.15) is 0 Å². The molecule has 1 fully saturated rings. The van der Waals surface area contributed by atoms with Crippen molar-refractivity contribution in [1.82, 2.24) is 10.4 Å². The molecule has 4 rings (SSSR count). The Hall–Kier alpha value is -4.66. The number of hydrazine groups is 1. The largest absolute Gasteiger partial charge is 0.497 e. The van der Waals surface area contributed by atoms with Crippen LogP contribution in [0.2, 0.25) is 0 Å². The van der Waals surface area contributed by atoms with E-state index in [-0.39, 0.29) is 12.0 Å². The predicted octanol–water partition coefficient (Wildman–Crippen LogP) is 2.58. The van der Waals surface area contributed by atoms with Gasteiger partial charge in [-0.1, -0.05) is 36.4 Å². The van der Waals surface area contributed by atoms with Gasteiger partial charge in [0.15, 0.2) is 6.61 Å². The van der Waals surface area contributed by atoms with Crippen LogP contribution in [0.25, 0.3) is 0 Å². The zero-order chi connectivity index (χ0) is 24.8. The average Bonchev–Trinajstić information content (AvgIpc) is 3.20. The Bertz CT molecular complexity index is 1210.